The zero-order chi connectivity index (χ0) is 13.3. The van der Waals surface area contributed by atoms with Crippen molar-refractivity contribution in [3.05, 3.63) is 48.3 Å². The second-order valence-corrected chi connectivity index (χ2v) is 4.31. The zero-order valence-electron chi connectivity index (χ0n) is 11.4. The molecule has 0 fully saturated rings. The van der Waals surface area contributed by atoms with Crippen molar-refractivity contribution >= 4 is 0 Å². The fourth-order valence-corrected chi connectivity index (χ4v) is 1.96. The molecule has 4 nitrogen and oxygen atoms in total. The minimum atomic E-state index is 0.794. The molecule has 0 aliphatic heterocycles. The van der Waals surface area contributed by atoms with E-state index >= 15 is 0 Å². The Bertz CT molecular complexity index is 468. The van der Waals surface area contributed by atoms with Crippen molar-refractivity contribution < 1.29 is 4.74 Å². The Kier molecular flexibility index (Phi) is 5.59. The van der Waals surface area contributed by atoms with Crippen LogP contribution in [-0.2, 0) is 11.3 Å². The minimum absolute atomic E-state index is 0.794. The van der Waals surface area contributed by atoms with Gasteiger partial charge in [-0.1, -0.05) is 18.2 Å². The lowest BCUT2D eigenvalue weighted by Gasteiger charge is -2.10. The molecule has 2 aromatic rings. The third kappa shape index (κ3) is 4.19. The molecular formula is C15H21N3O. The predicted octanol–water partition coefficient (Wildman–Crippen LogP) is 2.39. The summed E-state index contributed by atoms with van der Waals surface area (Å²) in [6, 6.07) is 10.3. The Morgan fingerprint density at radius 1 is 1.26 bits per heavy atom. The maximum Gasteiger partial charge on any atom is 0.0690 e. The molecule has 0 radical (unpaired) electrons. The standard InChI is InChI=1S/C15H21N3O/c1-2-19-12-6-9-16-13-14-7-3-4-8-15(14)18-11-5-10-17-18/h3-5,7-8,10-11,16H,2,6,9,12-13H2,1H3. The Morgan fingerprint density at radius 2 is 2.16 bits per heavy atom. The number of benzene rings is 1. The van der Waals surface area contributed by atoms with Crippen LogP contribution < -0.4 is 5.32 Å². The molecule has 1 aromatic heterocycles. The molecule has 0 aliphatic carbocycles. The summed E-state index contributed by atoms with van der Waals surface area (Å²) < 4.78 is 7.21. The van der Waals surface area contributed by atoms with Gasteiger partial charge < -0.3 is 10.1 Å². The van der Waals surface area contributed by atoms with Crippen LogP contribution in [0.25, 0.3) is 5.69 Å². The van der Waals surface area contributed by atoms with E-state index in [4.69, 9.17) is 4.74 Å². The maximum absolute atomic E-state index is 5.31. The third-order valence-electron chi connectivity index (χ3n) is 2.90. The van der Waals surface area contributed by atoms with Crippen molar-refractivity contribution in [1.82, 2.24) is 15.1 Å². The van der Waals surface area contributed by atoms with E-state index in [0.717, 1.165) is 38.4 Å². The van der Waals surface area contributed by atoms with Crippen molar-refractivity contribution in [2.75, 3.05) is 19.8 Å². The highest BCUT2D eigenvalue weighted by molar-refractivity contribution is 5.40. The van der Waals surface area contributed by atoms with Gasteiger partial charge in [0.25, 0.3) is 0 Å². The summed E-state index contributed by atoms with van der Waals surface area (Å²) in [6.07, 6.45) is 4.80. The molecule has 19 heavy (non-hydrogen) atoms. The molecule has 102 valence electrons. The lowest BCUT2D eigenvalue weighted by atomic mass is 10.2. The van der Waals surface area contributed by atoms with Crippen LogP contribution in [0.3, 0.4) is 0 Å². The fraction of sp³-hybridized carbons (Fsp3) is 0.400. The molecule has 1 heterocycles. The molecule has 1 N–H and O–H groups in total. The van der Waals surface area contributed by atoms with Crippen LogP contribution in [-0.4, -0.2) is 29.5 Å². The van der Waals surface area contributed by atoms with E-state index < -0.39 is 0 Å². The molecule has 0 amide bonds. The summed E-state index contributed by atoms with van der Waals surface area (Å²) in [6.45, 7) is 5.45. The number of ether oxygens (including phenoxy) is 1. The molecule has 0 bridgehead atoms. The highest BCUT2D eigenvalue weighted by Crippen LogP contribution is 2.12. The normalized spacial score (nSPS) is 10.8. The highest BCUT2D eigenvalue weighted by atomic mass is 16.5. The topological polar surface area (TPSA) is 39.1 Å². The molecule has 0 atom stereocenters. The molecule has 0 saturated heterocycles. The van der Waals surface area contributed by atoms with Crippen molar-refractivity contribution in [2.45, 2.75) is 19.9 Å². The van der Waals surface area contributed by atoms with Gasteiger partial charge in [-0.25, -0.2) is 4.68 Å². The van der Waals surface area contributed by atoms with Crippen LogP contribution in [0.5, 0.6) is 0 Å². The van der Waals surface area contributed by atoms with Gasteiger partial charge >= 0.3 is 0 Å². The van der Waals surface area contributed by atoms with Crippen molar-refractivity contribution in [3.8, 4) is 5.69 Å². The van der Waals surface area contributed by atoms with Gasteiger partial charge in [0.1, 0.15) is 0 Å². The van der Waals surface area contributed by atoms with E-state index in [1.54, 1.807) is 6.20 Å². The van der Waals surface area contributed by atoms with Crippen molar-refractivity contribution in [2.24, 2.45) is 0 Å². The summed E-state index contributed by atoms with van der Waals surface area (Å²) >= 11 is 0. The number of para-hydroxylation sites is 1. The summed E-state index contributed by atoms with van der Waals surface area (Å²) in [5.74, 6) is 0. The van der Waals surface area contributed by atoms with Crippen LogP contribution in [0.1, 0.15) is 18.9 Å². The molecule has 0 spiro atoms. The van der Waals surface area contributed by atoms with E-state index in [2.05, 4.69) is 28.6 Å². The van der Waals surface area contributed by atoms with Gasteiger partial charge in [0.05, 0.1) is 5.69 Å². The van der Waals surface area contributed by atoms with E-state index in [9.17, 15) is 0 Å². The van der Waals surface area contributed by atoms with Gasteiger partial charge in [0.2, 0.25) is 0 Å². The van der Waals surface area contributed by atoms with Crippen LogP contribution in [0, 0.1) is 0 Å². The number of hydrogen-bond donors (Lipinski definition) is 1. The van der Waals surface area contributed by atoms with E-state index in [-0.39, 0.29) is 0 Å². The molecule has 2 rings (SSSR count). The quantitative estimate of drug-likeness (QED) is 0.740. The maximum atomic E-state index is 5.31. The number of hydrogen-bond acceptors (Lipinski definition) is 3. The van der Waals surface area contributed by atoms with Crippen LogP contribution in [0.15, 0.2) is 42.7 Å². The molecule has 0 aliphatic rings. The Labute approximate surface area is 114 Å². The van der Waals surface area contributed by atoms with Gasteiger partial charge in [-0.05, 0) is 37.6 Å². The van der Waals surface area contributed by atoms with Crippen molar-refractivity contribution in [3.63, 3.8) is 0 Å². The van der Waals surface area contributed by atoms with Crippen LogP contribution in [0.4, 0.5) is 0 Å². The molecule has 1 aromatic carbocycles. The Hall–Kier alpha value is -1.65. The highest BCUT2D eigenvalue weighted by Gasteiger charge is 2.03. The largest absolute Gasteiger partial charge is 0.382 e. The monoisotopic (exact) mass is 259 g/mol. The first-order valence-corrected chi connectivity index (χ1v) is 6.78. The first-order chi connectivity index (χ1) is 9.42. The van der Waals surface area contributed by atoms with Crippen LogP contribution >= 0.6 is 0 Å². The Morgan fingerprint density at radius 3 is 2.95 bits per heavy atom. The van der Waals surface area contributed by atoms with Crippen LogP contribution in [0.2, 0.25) is 0 Å². The molecular weight excluding hydrogens is 238 g/mol. The molecule has 4 heteroatoms. The number of nitrogens with one attached hydrogen (secondary N) is 1. The summed E-state index contributed by atoms with van der Waals surface area (Å²) in [5, 5.41) is 7.73. The zero-order valence-corrected chi connectivity index (χ0v) is 11.4. The van der Waals surface area contributed by atoms with E-state index in [0.29, 0.717) is 0 Å². The predicted molar refractivity (Wildman–Crippen MR) is 76.4 cm³/mol. The SMILES string of the molecule is CCOCCCNCc1ccccc1-n1cccn1. The lowest BCUT2D eigenvalue weighted by molar-refractivity contribution is 0.144. The van der Waals surface area contributed by atoms with Gasteiger partial charge in [-0.2, -0.15) is 5.10 Å². The lowest BCUT2D eigenvalue weighted by Crippen LogP contribution is -2.17. The average Bonchev–Trinajstić information content (AvgIpc) is 2.97. The second kappa shape index (κ2) is 7.71. The Balaban J connectivity index is 1.87. The summed E-state index contributed by atoms with van der Waals surface area (Å²) in [4.78, 5) is 0. The molecule has 0 unspecified atom stereocenters. The van der Waals surface area contributed by atoms with Gasteiger partial charge in [0, 0.05) is 32.2 Å². The van der Waals surface area contributed by atoms with Crippen molar-refractivity contribution in [1.29, 1.82) is 0 Å². The third-order valence-corrected chi connectivity index (χ3v) is 2.90. The van der Waals surface area contributed by atoms with E-state index in [1.807, 2.05) is 29.9 Å². The fourth-order valence-electron chi connectivity index (χ4n) is 1.96. The number of rotatable bonds is 8. The number of nitrogens with zero attached hydrogens (tertiary/aromatic N) is 2. The average molecular weight is 259 g/mol. The smallest absolute Gasteiger partial charge is 0.0690 e. The van der Waals surface area contributed by atoms with Gasteiger partial charge in [0.15, 0.2) is 0 Å². The van der Waals surface area contributed by atoms with E-state index in [1.165, 1.54) is 5.56 Å². The number of aromatic nitrogens is 2. The minimum Gasteiger partial charge on any atom is -0.382 e. The van der Waals surface area contributed by atoms with Gasteiger partial charge in [-0.3, -0.25) is 0 Å². The molecule has 0 saturated carbocycles. The summed E-state index contributed by atoms with van der Waals surface area (Å²) in [7, 11) is 0. The first kappa shape index (κ1) is 13.8. The summed E-state index contributed by atoms with van der Waals surface area (Å²) in [5.41, 5.74) is 2.38. The van der Waals surface area contributed by atoms with Gasteiger partial charge in [-0.15, -0.1) is 0 Å². The first-order valence-electron chi connectivity index (χ1n) is 6.78. The second-order valence-electron chi connectivity index (χ2n) is 4.31.